The van der Waals surface area contributed by atoms with Gasteiger partial charge in [-0.3, -0.25) is 0 Å². The SMILES string of the molecule is Cc1cc(-c2cnc(C(C)(C)C)nc2)nc2cc(CO)ccc12. The first-order valence-corrected chi connectivity index (χ1v) is 7.72. The topological polar surface area (TPSA) is 58.9 Å². The number of aromatic nitrogens is 3. The summed E-state index contributed by atoms with van der Waals surface area (Å²) in [4.78, 5) is 13.7. The average Bonchev–Trinajstić information content (AvgIpc) is 2.53. The molecule has 0 radical (unpaired) electrons. The molecule has 23 heavy (non-hydrogen) atoms. The molecule has 0 saturated heterocycles. The van der Waals surface area contributed by atoms with Crippen LogP contribution in [-0.2, 0) is 12.0 Å². The van der Waals surface area contributed by atoms with Gasteiger partial charge in [0.15, 0.2) is 0 Å². The van der Waals surface area contributed by atoms with Gasteiger partial charge >= 0.3 is 0 Å². The van der Waals surface area contributed by atoms with E-state index in [0.717, 1.165) is 39.1 Å². The minimum Gasteiger partial charge on any atom is -0.392 e. The molecule has 0 atom stereocenters. The molecular weight excluding hydrogens is 286 g/mol. The number of aliphatic hydroxyl groups excluding tert-OH is 1. The Hall–Kier alpha value is -2.33. The summed E-state index contributed by atoms with van der Waals surface area (Å²) < 4.78 is 0. The number of hydrogen-bond donors (Lipinski definition) is 1. The van der Waals surface area contributed by atoms with E-state index in [1.807, 2.05) is 30.6 Å². The van der Waals surface area contributed by atoms with Gasteiger partial charge in [0.1, 0.15) is 5.82 Å². The molecule has 118 valence electrons. The summed E-state index contributed by atoms with van der Waals surface area (Å²) in [6.45, 7) is 8.37. The highest BCUT2D eigenvalue weighted by atomic mass is 16.3. The van der Waals surface area contributed by atoms with Crippen molar-refractivity contribution in [2.24, 2.45) is 0 Å². The second-order valence-corrected chi connectivity index (χ2v) is 6.88. The van der Waals surface area contributed by atoms with E-state index in [1.165, 1.54) is 0 Å². The van der Waals surface area contributed by atoms with E-state index in [0.29, 0.717) is 0 Å². The van der Waals surface area contributed by atoms with Crippen molar-refractivity contribution in [1.29, 1.82) is 0 Å². The molecule has 1 N–H and O–H groups in total. The van der Waals surface area contributed by atoms with Crippen LogP contribution >= 0.6 is 0 Å². The lowest BCUT2D eigenvalue weighted by atomic mass is 9.95. The van der Waals surface area contributed by atoms with Gasteiger partial charge in [-0.2, -0.15) is 0 Å². The standard InChI is InChI=1S/C19H21N3O/c1-12-7-16(14-9-20-18(21-10-14)19(2,3)4)22-17-8-13(11-23)5-6-15(12)17/h5-10,23H,11H2,1-4H3. The van der Waals surface area contributed by atoms with Gasteiger partial charge in [-0.05, 0) is 30.2 Å². The fraction of sp³-hybridized carbons (Fsp3) is 0.316. The first-order valence-electron chi connectivity index (χ1n) is 7.72. The molecule has 2 heterocycles. The summed E-state index contributed by atoms with van der Waals surface area (Å²) in [5.41, 5.74) is 4.58. The fourth-order valence-corrected chi connectivity index (χ4v) is 2.54. The molecule has 2 aromatic heterocycles. The van der Waals surface area contributed by atoms with Crippen LogP contribution in [0.4, 0.5) is 0 Å². The molecule has 0 amide bonds. The molecule has 3 rings (SSSR count). The smallest absolute Gasteiger partial charge is 0.133 e. The Balaban J connectivity index is 2.09. The van der Waals surface area contributed by atoms with Crippen LogP contribution in [0.5, 0.6) is 0 Å². The Kier molecular flexibility index (Phi) is 3.86. The first kappa shape index (κ1) is 15.6. The molecular formula is C19H21N3O. The highest BCUT2D eigenvalue weighted by Gasteiger charge is 2.17. The van der Waals surface area contributed by atoms with E-state index in [1.54, 1.807) is 0 Å². The zero-order valence-electron chi connectivity index (χ0n) is 14.0. The Morgan fingerprint density at radius 2 is 1.74 bits per heavy atom. The van der Waals surface area contributed by atoms with Gasteiger partial charge in [0.2, 0.25) is 0 Å². The minimum absolute atomic E-state index is 0.0181. The Morgan fingerprint density at radius 1 is 1.04 bits per heavy atom. The lowest BCUT2D eigenvalue weighted by Crippen LogP contribution is -2.15. The van der Waals surface area contributed by atoms with E-state index >= 15 is 0 Å². The van der Waals surface area contributed by atoms with Crippen molar-refractivity contribution in [2.75, 3.05) is 0 Å². The van der Waals surface area contributed by atoms with Gasteiger partial charge in [0.25, 0.3) is 0 Å². The number of pyridine rings is 1. The lowest BCUT2D eigenvalue weighted by Gasteiger charge is -2.16. The third kappa shape index (κ3) is 3.08. The highest BCUT2D eigenvalue weighted by Crippen LogP contribution is 2.25. The monoisotopic (exact) mass is 307 g/mol. The molecule has 0 fully saturated rings. The second kappa shape index (κ2) is 5.70. The minimum atomic E-state index is -0.0682. The average molecular weight is 307 g/mol. The molecule has 1 aromatic carbocycles. The van der Waals surface area contributed by atoms with Crippen molar-refractivity contribution in [3.8, 4) is 11.3 Å². The maximum Gasteiger partial charge on any atom is 0.133 e. The van der Waals surface area contributed by atoms with Crippen LogP contribution < -0.4 is 0 Å². The van der Waals surface area contributed by atoms with Crippen LogP contribution in [0, 0.1) is 6.92 Å². The van der Waals surface area contributed by atoms with Gasteiger partial charge in [-0.25, -0.2) is 15.0 Å². The van der Waals surface area contributed by atoms with Crippen LogP contribution in [0.1, 0.15) is 37.7 Å². The number of nitrogens with zero attached hydrogens (tertiary/aromatic N) is 3. The normalized spacial score (nSPS) is 11.9. The maximum absolute atomic E-state index is 9.31. The summed E-state index contributed by atoms with van der Waals surface area (Å²) in [6, 6.07) is 7.91. The molecule has 3 aromatic rings. The van der Waals surface area contributed by atoms with Crippen LogP contribution in [0.15, 0.2) is 36.7 Å². The zero-order chi connectivity index (χ0) is 16.6. The van der Waals surface area contributed by atoms with Crippen molar-refractivity contribution in [3.63, 3.8) is 0 Å². The lowest BCUT2D eigenvalue weighted by molar-refractivity contribution is 0.282. The van der Waals surface area contributed by atoms with Crippen molar-refractivity contribution in [2.45, 2.75) is 39.7 Å². The van der Waals surface area contributed by atoms with Gasteiger partial charge in [0.05, 0.1) is 17.8 Å². The molecule has 0 bridgehead atoms. The van der Waals surface area contributed by atoms with E-state index < -0.39 is 0 Å². The molecule has 0 unspecified atom stereocenters. The third-order valence-electron chi connectivity index (χ3n) is 3.88. The number of benzene rings is 1. The second-order valence-electron chi connectivity index (χ2n) is 6.88. The van der Waals surface area contributed by atoms with Crippen LogP contribution in [0.25, 0.3) is 22.2 Å². The van der Waals surface area contributed by atoms with Crippen molar-refractivity contribution < 1.29 is 5.11 Å². The van der Waals surface area contributed by atoms with E-state index in [-0.39, 0.29) is 12.0 Å². The summed E-state index contributed by atoms with van der Waals surface area (Å²) in [7, 11) is 0. The number of fused-ring (bicyclic) bond motifs is 1. The molecule has 0 aliphatic carbocycles. The van der Waals surface area contributed by atoms with E-state index in [2.05, 4.69) is 43.7 Å². The molecule has 0 aliphatic heterocycles. The highest BCUT2D eigenvalue weighted by molar-refractivity contribution is 5.85. The molecule has 0 aliphatic rings. The van der Waals surface area contributed by atoms with Crippen LogP contribution in [-0.4, -0.2) is 20.1 Å². The van der Waals surface area contributed by atoms with Crippen molar-refractivity contribution in [1.82, 2.24) is 15.0 Å². The Bertz CT molecular complexity index is 849. The van der Waals surface area contributed by atoms with E-state index in [9.17, 15) is 5.11 Å². The van der Waals surface area contributed by atoms with Crippen molar-refractivity contribution >= 4 is 10.9 Å². The summed E-state index contributed by atoms with van der Waals surface area (Å²) >= 11 is 0. The zero-order valence-corrected chi connectivity index (χ0v) is 14.0. The third-order valence-corrected chi connectivity index (χ3v) is 3.88. The number of rotatable bonds is 2. The van der Waals surface area contributed by atoms with Gasteiger partial charge < -0.3 is 5.11 Å². The predicted octanol–water partition coefficient (Wildman–Crippen LogP) is 3.79. The number of aliphatic hydroxyl groups is 1. The fourth-order valence-electron chi connectivity index (χ4n) is 2.54. The molecule has 0 spiro atoms. The molecule has 4 heteroatoms. The maximum atomic E-state index is 9.31. The molecule has 0 saturated carbocycles. The van der Waals surface area contributed by atoms with Crippen LogP contribution in [0.3, 0.4) is 0 Å². The Morgan fingerprint density at radius 3 is 2.35 bits per heavy atom. The summed E-state index contributed by atoms with van der Waals surface area (Å²) in [5.74, 6) is 0.821. The van der Waals surface area contributed by atoms with Crippen LogP contribution in [0.2, 0.25) is 0 Å². The van der Waals surface area contributed by atoms with Gasteiger partial charge in [-0.1, -0.05) is 32.9 Å². The summed E-state index contributed by atoms with van der Waals surface area (Å²) in [5, 5.41) is 10.4. The molecule has 4 nitrogen and oxygen atoms in total. The van der Waals surface area contributed by atoms with Gasteiger partial charge in [-0.15, -0.1) is 0 Å². The Labute approximate surface area is 136 Å². The summed E-state index contributed by atoms with van der Waals surface area (Å²) in [6.07, 6.45) is 3.66. The predicted molar refractivity (Wildman–Crippen MR) is 92.1 cm³/mol. The van der Waals surface area contributed by atoms with Gasteiger partial charge in [0, 0.05) is 28.8 Å². The first-order chi connectivity index (χ1) is 10.9. The number of hydrogen-bond acceptors (Lipinski definition) is 4. The largest absolute Gasteiger partial charge is 0.392 e. The quantitative estimate of drug-likeness (QED) is 0.782. The van der Waals surface area contributed by atoms with Crippen molar-refractivity contribution in [3.05, 3.63) is 53.6 Å². The number of aryl methyl sites for hydroxylation is 1. The van der Waals surface area contributed by atoms with E-state index in [4.69, 9.17) is 4.98 Å².